The van der Waals surface area contributed by atoms with Gasteiger partial charge < -0.3 is 4.90 Å². The van der Waals surface area contributed by atoms with Gasteiger partial charge >= 0.3 is 6.18 Å². The number of amides is 1. The molecule has 2 nitrogen and oxygen atoms in total. The first-order chi connectivity index (χ1) is 11.3. The molecule has 6 heteroatoms. The van der Waals surface area contributed by atoms with Crippen LogP contribution in [0.4, 0.5) is 13.2 Å². The SMILES string of the molecule is O=C(c1ccccc1Br)N1CC(Cc2cccc(C(F)(F)F)c2)C1. The molecule has 1 aliphatic heterocycles. The third kappa shape index (κ3) is 3.64. The Labute approximate surface area is 146 Å². The fraction of sp³-hybridized carbons (Fsp3) is 0.278. The van der Waals surface area contributed by atoms with Gasteiger partial charge in [0.05, 0.1) is 11.1 Å². The minimum Gasteiger partial charge on any atom is -0.338 e. The van der Waals surface area contributed by atoms with Crippen molar-refractivity contribution < 1.29 is 18.0 Å². The van der Waals surface area contributed by atoms with Crippen LogP contribution in [0.15, 0.2) is 53.0 Å². The van der Waals surface area contributed by atoms with Crippen LogP contribution in [0.5, 0.6) is 0 Å². The van der Waals surface area contributed by atoms with Gasteiger partial charge in [-0.1, -0.05) is 30.3 Å². The molecular formula is C18H15BrF3NO. The first-order valence-corrected chi connectivity index (χ1v) is 8.34. The summed E-state index contributed by atoms with van der Waals surface area (Å²) < 4.78 is 39.0. The van der Waals surface area contributed by atoms with Crippen LogP contribution in [0.25, 0.3) is 0 Å². The molecule has 1 heterocycles. The highest BCUT2D eigenvalue weighted by Gasteiger charge is 2.33. The highest BCUT2D eigenvalue weighted by atomic mass is 79.9. The molecule has 24 heavy (non-hydrogen) atoms. The second-order valence-corrected chi connectivity index (χ2v) is 6.81. The molecule has 0 unspecified atom stereocenters. The number of halogens is 4. The minimum absolute atomic E-state index is 0.0530. The summed E-state index contributed by atoms with van der Waals surface area (Å²) in [5.41, 5.74) is 0.637. The maximum atomic E-state index is 12.7. The number of carbonyl (C=O) groups is 1. The third-order valence-electron chi connectivity index (χ3n) is 4.13. The number of alkyl halides is 3. The first kappa shape index (κ1) is 17.0. The fourth-order valence-electron chi connectivity index (χ4n) is 2.88. The molecule has 1 saturated heterocycles. The standard InChI is InChI=1S/C18H15BrF3NO/c19-16-7-2-1-6-15(16)17(24)23-10-13(11-23)8-12-4-3-5-14(9-12)18(20,21)22/h1-7,9,13H,8,10-11H2. The Morgan fingerprint density at radius 1 is 1.12 bits per heavy atom. The van der Waals surface area contributed by atoms with E-state index in [4.69, 9.17) is 0 Å². The summed E-state index contributed by atoms with van der Waals surface area (Å²) in [6.45, 7) is 1.13. The van der Waals surface area contributed by atoms with Gasteiger partial charge in [0.15, 0.2) is 0 Å². The normalized spacial score (nSPS) is 15.2. The number of benzene rings is 2. The zero-order valence-corrected chi connectivity index (χ0v) is 14.3. The van der Waals surface area contributed by atoms with Crippen molar-refractivity contribution in [3.63, 3.8) is 0 Å². The number of rotatable bonds is 3. The zero-order chi connectivity index (χ0) is 17.3. The summed E-state index contributed by atoms with van der Waals surface area (Å²) in [4.78, 5) is 14.1. The summed E-state index contributed by atoms with van der Waals surface area (Å²) in [7, 11) is 0. The monoisotopic (exact) mass is 397 g/mol. The van der Waals surface area contributed by atoms with E-state index >= 15 is 0 Å². The van der Waals surface area contributed by atoms with Gasteiger partial charge in [0, 0.05) is 17.6 Å². The van der Waals surface area contributed by atoms with Gasteiger partial charge in [-0.05, 0) is 52.0 Å². The smallest absolute Gasteiger partial charge is 0.338 e. The Balaban J connectivity index is 1.60. The molecule has 0 saturated carbocycles. The lowest BCUT2D eigenvalue weighted by Crippen LogP contribution is -2.50. The van der Waals surface area contributed by atoms with Gasteiger partial charge in [-0.25, -0.2) is 0 Å². The van der Waals surface area contributed by atoms with E-state index in [0.717, 1.165) is 10.5 Å². The molecule has 0 aliphatic carbocycles. The van der Waals surface area contributed by atoms with Crippen molar-refractivity contribution >= 4 is 21.8 Å². The summed E-state index contributed by atoms with van der Waals surface area (Å²) in [5.74, 6) is 0.141. The molecule has 0 bridgehead atoms. The van der Waals surface area contributed by atoms with Gasteiger partial charge in [0.1, 0.15) is 0 Å². The molecule has 1 aliphatic rings. The highest BCUT2D eigenvalue weighted by Crippen LogP contribution is 2.31. The average molecular weight is 398 g/mol. The van der Waals surface area contributed by atoms with Gasteiger partial charge in [0.25, 0.3) is 5.91 Å². The molecule has 0 atom stereocenters. The largest absolute Gasteiger partial charge is 0.416 e. The maximum Gasteiger partial charge on any atom is 0.416 e. The molecule has 0 spiro atoms. The lowest BCUT2D eigenvalue weighted by molar-refractivity contribution is -0.137. The van der Waals surface area contributed by atoms with E-state index in [1.807, 2.05) is 12.1 Å². The van der Waals surface area contributed by atoms with E-state index in [1.54, 1.807) is 23.1 Å². The third-order valence-corrected chi connectivity index (χ3v) is 4.82. The molecule has 2 aromatic carbocycles. The molecular weight excluding hydrogens is 383 g/mol. The molecule has 0 N–H and O–H groups in total. The van der Waals surface area contributed by atoms with Crippen LogP contribution >= 0.6 is 15.9 Å². The van der Waals surface area contributed by atoms with Crippen molar-refractivity contribution in [1.82, 2.24) is 4.90 Å². The number of hydrogen-bond acceptors (Lipinski definition) is 1. The van der Waals surface area contributed by atoms with Crippen molar-refractivity contribution in [2.24, 2.45) is 5.92 Å². The van der Waals surface area contributed by atoms with Crippen LogP contribution in [-0.4, -0.2) is 23.9 Å². The van der Waals surface area contributed by atoms with Crippen LogP contribution in [0.3, 0.4) is 0 Å². The van der Waals surface area contributed by atoms with Crippen molar-refractivity contribution in [3.05, 3.63) is 69.7 Å². The topological polar surface area (TPSA) is 20.3 Å². The van der Waals surface area contributed by atoms with Gasteiger partial charge in [-0.15, -0.1) is 0 Å². The van der Waals surface area contributed by atoms with Crippen molar-refractivity contribution in [3.8, 4) is 0 Å². The first-order valence-electron chi connectivity index (χ1n) is 7.54. The molecule has 0 aromatic heterocycles. The second kappa shape index (κ2) is 6.59. The van der Waals surface area contributed by atoms with Gasteiger partial charge in [-0.2, -0.15) is 13.2 Å². The number of nitrogens with zero attached hydrogens (tertiary/aromatic N) is 1. The van der Waals surface area contributed by atoms with E-state index in [1.165, 1.54) is 12.1 Å². The Hall–Kier alpha value is -1.82. The number of hydrogen-bond donors (Lipinski definition) is 0. The predicted molar refractivity (Wildman–Crippen MR) is 88.7 cm³/mol. The zero-order valence-electron chi connectivity index (χ0n) is 12.7. The minimum atomic E-state index is -4.32. The van der Waals surface area contributed by atoms with Crippen LogP contribution in [0.1, 0.15) is 21.5 Å². The van der Waals surface area contributed by atoms with Crippen LogP contribution in [0, 0.1) is 5.92 Å². The maximum absolute atomic E-state index is 12.7. The van der Waals surface area contributed by atoms with Crippen molar-refractivity contribution in [2.75, 3.05) is 13.1 Å². The van der Waals surface area contributed by atoms with Crippen LogP contribution in [0.2, 0.25) is 0 Å². The lowest BCUT2D eigenvalue weighted by Gasteiger charge is -2.39. The number of likely N-dealkylation sites (tertiary alicyclic amines) is 1. The summed E-state index contributed by atoms with van der Waals surface area (Å²) in [5, 5.41) is 0. The Bertz CT molecular complexity index is 754. The van der Waals surface area contributed by atoms with E-state index in [9.17, 15) is 18.0 Å². The van der Waals surface area contributed by atoms with Gasteiger partial charge in [0.2, 0.25) is 0 Å². The van der Waals surface area contributed by atoms with Crippen LogP contribution < -0.4 is 0 Å². The predicted octanol–water partition coefficient (Wildman–Crippen LogP) is 4.78. The fourth-order valence-corrected chi connectivity index (χ4v) is 3.33. The molecule has 1 fully saturated rings. The number of carbonyl (C=O) groups excluding carboxylic acids is 1. The van der Waals surface area contributed by atoms with E-state index in [2.05, 4.69) is 15.9 Å². The molecule has 3 rings (SSSR count). The Morgan fingerprint density at radius 3 is 2.50 bits per heavy atom. The lowest BCUT2D eigenvalue weighted by atomic mass is 9.91. The van der Waals surface area contributed by atoms with E-state index < -0.39 is 11.7 Å². The molecule has 126 valence electrons. The highest BCUT2D eigenvalue weighted by molar-refractivity contribution is 9.10. The summed E-state index contributed by atoms with van der Waals surface area (Å²) >= 11 is 3.36. The summed E-state index contributed by atoms with van der Waals surface area (Å²) in [6.07, 6.45) is -3.78. The molecule has 0 radical (unpaired) electrons. The van der Waals surface area contributed by atoms with Crippen molar-refractivity contribution in [2.45, 2.75) is 12.6 Å². The Kier molecular flexibility index (Phi) is 4.67. The molecule has 2 aromatic rings. The van der Waals surface area contributed by atoms with Crippen LogP contribution in [-0.2, 0) is 12.6 Å². The summed E-state index contributed by atoms with van der Waals surface area (Å²) in [6, 6.07) is 12.6. The van der Waals surface area contributed by atoms with E-state index in [-0.39, 0.29) is 11.8 Å². The van der Waals surface area contributed by atoms with Crippen molar-refractivity contribution in [1.29, 1.82) is 0 Å². The second-order valence-electron chi connectivity index (χ2n) is 5.96. The average Bonchev–Trinajstić information content (AvgIpc) is 2.50. The quantitative estimate of drug-likeness (QED) is 0.729. The van der Waals surface area contributed by atoms with Gasteiger partial charge in [-0.3, -0.25) is 4.79 Å². The Morgan fingerprint density at radius 2 is 1.83 bits per heavy atom. The molecule has 1 amide bonds. The van der Waals surface area contributed by atoms with E-state index in [0.29, 0.717) is 30.6 Å².